The summed E-state index contributed by atoms with van der Waals surface area (Å²) in [6.07, 6.45) is 0.249. The molecule has 0 spiro atoms. The third-order valence-corrected chi connectivity index (χ3v) is 1.88. The van der Waals surface area contributed by atoms with Crippen molar-refractivity contribution in [1.82, 2.24) is 4.90 Å². The summed E-state index contributed by atoms with van der Waals surface area (Å²) in [7, 11) is 3.24. The number of nitrogens with zero attached hydrogens (tertiary/aromatic N) is 2. The van der Waals surface area contributed by atoms with Gasteiger partial charge in [0.15, 0.2) is 0 Å². The van der Waals surface area contributed by atoms with Crippen LogP contribution in [0.3, 0.4) is 0 Å². The fourth-order valence-electron chi connectivity index (χ4n) is 0.949. The lowest BCUT2D eigenvalue weighted by molar-refractivity contribution is -0.137. The van der Waals surface area contributed by atoms with Gasteiger partial charge in [0.2, 0.25) is 5.91 Å². The summed E-state index contributed by atoms with van der Waals surface area (Å²) in [5.41, 5.74) is 0. The highest BCUT2D eigenvalue weighted by molar-refractivity contribution is 5.77. The van der Waals surface area contributed by atoms with Crippen LogP contribution in [-0.2, 0) is 14.3 Å². The van der Waals surface area contributed by atoms with Gasteiger partial charge >= 0.3 is 0 Å². The summed E-state index contributed by atoms with van der Waals surface area (Å²) >= 11 is 0. The van der Waals surface area contributed by atoms with Gasteiger partial charge in [-0.3, -0.25) is 4.79 Å². The van der Waals surface area contributed by atoms with Crippen LogP contribution in [0.4, 0.5) is 0 Å². The molecule has 0 rings (SSSR count). The zero-order valence-corrected chi connectivity index (χ0v) is 9.52. The second kappa shape index (κ2) is 8.21. The van der Waals surface area contributed by atoms with Crippen molar-refractivity contribution in [3.8, 4) is 6.07 Å². The Balaban J connectivity index is 3.68. The van der Waals surface area contributed by atoms with Crippen molar-refractivity contribution < 1.29 is 14.3 Å². The third kappa shape index (κ3) is 6.89. The van der Waals surface area contributed by atoms with Crippen LogP contribution < -0.4 is 0 Å². The van der Waals surface area contributed by atoms with E-state index in [1.807, 2.05) is 13.0 Å². The van der Waals surface area contributed by atoms with Gasteiger partial charge in [-0.25, -0.2) is 0 Å². The lowest BCUT2D eigenvalue weighted by Gasteiger charge is -2.17. The lowest BCUT2D eigenvalue weighted by atomic mass is 10.4. The van der Waals surface area contributed by atoms with Gasteiger partial charge in [0.25, 0.3) is 0 Å². The molecular formula is C10H18N2O3. The molecule has 0 fully saturated rings. The molecule has 0 saturated heterocycles. The van der Waals surface area contributed by atoms with Gasteiger partial charge in [0.1, 0.15) is 6.61 Å². The second-order valence-electron chi connectivity index (χ2n) is 3.30. The van der Waals surface area contributed by atoms with Crippen LogP contribution in [0.2, 0.25) is 0 Å². The smallest absolute Gasteiger partial charge is 0.248 e. The topological polar surface area (TPSA) is 62.6 Å². The van der Waals surface area contributed by atoms with Crippen LogP contribution in [0.5, 0.6) is 0 Å². The predicted molar refractivity (Wildman–Crippen MR) is 55.2 cm³/mol. The first kappa shape index (κ1) is 13.9. The number of ether oxygens (including phenoxy) is 2. The van der Waals surface area contributed by atoms with Crippen molar-refractivity contribution >= 4 is 5.91 Å². The van der Waals surface area contributed by atoms with Gasteiger partial charge in [-0.1, -0.05) is 0 Å². The monoisotopic (exact) mass is 214 g/mol. The molecule has 0 aromatic carbocycles. The number of likely N-dealkylation sites (N-methyl/N-ethyl adjacent to an activating group) is 1. The average Bonchev–Trinajstić information content (AvgIpc) is 2.22. The summed E-state index contributed by atoms with van der Waals surface area (Å²) in [6.45, 7) is 2.78. The van der Waals surface area contributed by atoms with Gasteiger partial charge in [-0.05, 0) is 6.92 Å². The van der Waals surface area contributed by atoms with Gasteiger partial charge < -0.3 is 14.4 Å². The summed E-state index contributed by atoms with van der Waals surface area (Å²) in [5.74, 6) is -0.117. The van der Waals surface area contributed by atoms with E-state index in [1.165, 1.54) is 4.90 Å². The number of hydrogen-bond acceptors (Lipinski definition) is 4. The zero-order valence-electron chi connectivity index (χ0n) is 9.52. The van der Waals surface area contributed by atoms with Crippen LogP contribution in [-0.4, -0.2) is 50.8 Å². The molecule has 1 atom stereocenters. The maximum Gasteiger partial charge on any atom is 0.248 e. The Morgan fingerprint density at radius 2 is 2.27 bits per heavy atom. The molecule has 5 heteroatoms. The van der Waals surface area contributed by atoms with Crippen molar-refractivity contribution in [2.75, 3.05) is 33.9 Å². The van der Waals surface area contributed by atoms with Crippen LogP contribution in [0.1, 0.15) is 13.3 Å². The molecule has 0 aromatic heterocycles. The molecule has 1 unspecified atom stereocenters. The number of carbonyl (C=O) groups is 1. The molecule has 1 amide bonds. The molecule has 86 valence electrons. The molecule has 0 bridgehead atoms. The fourth-order valence-corrected chi connectivity index (χ4v) is 0.949. The fraction of sp³-hybridized carbons (Fsp3) is 0.800. The van der Waals surface area contributed by atoms with Crippen LogP contribution in [0, 0.1) is 11.3 Å². The molecule has 0 aliphatic rings. The van der Waals surface area contributed by atoms with E-state index in [2.05, 4.69) is 0 Å². The molecule has 0 N–H and O–H groups in total. The quantitative estimate of drug-likeness (QED) is 0.615. The minimum atomic E-state index is -0.117. The molecule has 5 nitrogen and oxygen atoms in total. The highest BCUT2D eigenvalue weighted by atomic mass is 16.5. The van der Waals surface area contributed by atoms with Gasteiger partial charge in [0, 0.05) is 20.7 Å². The Labute approximate surface area is 90.6 Å². The molecular weight excluding hydrogens is 196 g/mol. The van der Waals surface area contributed by atoms with Gasteiger partial charge in [-0.2, -0.15) is 5.26 Å². The van der Waals surface area contributed by atoms with Crippen molar-refractivity contribution in [1.29, 1.82) is 5.26 Å². The first-order chi connectivity index (χ1) is 7.11. The van der Waals surface area contributed by atoms with E-state index in [0.29, 0.717) is 19.6 Å². The number of amides is 1. The highest BCUT2D eigenvalue weighted by Crippen LogP contribution is 1.94. The van der Waals surface area contributed by atoms with E-state index in [-0.39, 0.29) is 18.6 Å². The number of hydrogen-bond donors (Lipinski definition) is 0. The zero-order chi connectivity index (χ0) is 11.7. The average molecular weight is 214 g/mol. The number of nitriles is 1. The van der Waals surface area contributed by atoms with E-state index < -0.39 is 0 Å². The van der Waals surface area contributed by atoms with E-state index in [1.54, 1.807) is 14.2 Å². The highest BCUT2D eigenvalue weighted by Gasteiger charge is 2.10. The molecule has 0 heterocycles. The van der Waals surface area contributed by atoms with Crippen molar-refractivity contribution in [2.24, 2.45) is 0 Å². The van der Waals surface area contributed by atoms with Crippen molar-refractivity contribution in [3.05, 3.63) is 0 Å². The Hall–Kier alpha value is -1.12. The van der Waals surface area contributed by atoms with Gasteiger partial charge in [0.05, 0.1) is 25.2 Å². The van der Waals surface area contributed by atoms with E-state index in [9.17, 15) is 4.79 Å². The minimum Gasteiger partial charge on any atom is -0.382 e. The molecule has 0 aliphatic carbocycles. The molecule has 0 radical (unpaired) electrons. The number of methoxy groups -OCH3 is 1. The standard InChI is InChI=1S/C10H18N2O3/c1-9(7-14-3)15-8-10(13)12(2)6-4-5-11/h9H,4,6-8H2,1-3H3. The van der Waals surface area contributed by atoms with Crippen molar-refractivity contribution in [2.45, 2.75) is 19.4 Å². The Bertz CT molecular complexity index is 225. The van der Waals surface area contributed by atoms with Crippen LogP contribution >= 0.6 is 0 Å². The molecule has 0 saturated carbocycles. The molecule has 0 aliphatic heterocycles. The normalized spacial score (nSPS) is 11.9. The Kier molecular flexibility index (Phi) is 7.60. The second-order valence-corrected chi connectivity index (χ2v) is 3.30. The SMILES string of the molecule is COCC(C)OCC(=O)N(C)CCC#N. The van der Waals surface area contributed by atoms with E-state index >= 15 is 0 Å². The first-order valence-corrected chi connectivity index (χ1v) is 4.83. The van der Waals surface area contributed by atoms with Crippen LogP contribution in [0.15, 0.2) is 0 Å². The maximum atomic E-state index is 11.4. The number of carbonyl (C=O) groups excluding carboxylic acids is 1. The van der Waals surface area contributed by atoms with Crippen LogP contribution in [0.25, 0.3) is 0 Å². The first-order valence-electron chi connectivity index (χ1n) is 4.83. The van der Waals surface area contributed by atoms with Gasteiger partial charge in [-0.15, -0.1) is 0 Å². The minimum absolute atomic E-state index is 0.0342. The van der Waals surface area contributed by atoms with Crippen molar-refractivity contribution in [3.63, 3.8) is 0 Å². The largest absolute Gasteiger partial charge is 0.382 e. The van der Waals surface area contributed by atoms with E-state index in [0.717, 1.165) is 0 Å². The summed E-state index contributed by atoms with van der Waals surface area (Å²) in [4.78, 5) is 12.9. The maximum absolute atomic E-state index is 11.4. The number of rotatable bonds is 7. The third-order valence-electron chi connectivity index (χ3n) is 1.88. The Morgan fingerprint density at radius 1 is 1.60 bits per heavy atom. The Morgan fingerprint density at radius 3 is 2.80 bits per heavy atom. The summed E-state index contributed by atoms with van der Waals surface area (Å²) in [6, 6.07) is 1.98. The molecule has 0 aromatic rings. The predicted octanol–water partition coefficient (Wildman–Crippen LogP) is 0.410. The molecule has 15 heavy (non-hydrogen) atoms. The lowest BCUT2D eigenvalue weighted by Crippen LogP contribution is -2.32. The summed E-state index contributed by atoms with van der Waals surface area (Å²) in [5, 5.41) is 8.35. The summed E-state index contributed by atoms with van der Waals surface area (Å²) < 4.78 is 10.1. The van der Waals surface area contributed by atoms with E-state index in [4.69, 9.17) is 14.7 Å².